The van der Waals surface area contributed by atoms with Crippen LogP contribution in [0.1, 0.15) is 44.6 Å². The van der Waals surface area contributed by atoms with E-state index < -0.39 is 0 Å². The molecule has 1 aromatic rings. The van der Waals surface area contributed by atoms with Crippen molar-refractivity contribution in [2.45, 2.75) is 51.1 Å². The molecule has 1 aliphatic carbocycles. The highest BCUT2D eigenvalue weighted by atomic mass is 15.2. The third-order valence-corrected chi connectivity index (χ3v) is 4.94. The molecular formula is C18H28N2. The van der Waals surface area contributed by atoms with Crippen LogP contribution >= 0.6 is 0 Å². The van der Waals surface area contributed by atoms with E-state index in [1.807, 2.05) is 0 Å². The summed E-state index contributed by atoms with van der Waals surface area (Å²) in [5, 5.41) is 3.83. The van der Waals surface area contributed by atoms with Gasteiger partial charge >= 0.3 is 0 Å². The Bertz CT molecular complexity index is 411. The Balaban J connectivity index is 1.52. The fourth-order valence-corrected chi connectivity index (χ4v) is 3.46. The lowest BCUT2D eigenvalue weighted by Crippen LogP contribution is -2.36. The van der Waals surface area contributed by atoms with Crippen molar-refractivity contribution in [3.05, 3.63) is 35.9 Å². The first-order chi connectivity index (χ1) is 9.74. The molecule has 1 aliphatic heterocycles. The Kier molecular flexibility index (Phi) is 4.42. The Morgan fingerprint density at radius 1 is 1.15 bits per heavy atom. The van der Waals surface area contributed by atoms with Gasteiger partial charge in [-0.3, -0.25) is 4.90 Å². The number of nitrogens with zero attached hydrogens (tertiary/aromatic N) is 1. The van der Waals surface area contributed by atoms with Crippen molar-refractivity contribution in [3.8, 4) is 0 Å². The van der Waals surface area contributed by atoms with Crippen LogP contribution in [0.4, 0.5) is 0 Å². The maximum atomic E-state index is 3.83. The number of benzene rings is 1. The zero-order valence-corrected chi connectivity index (χ0v) is 12.9. The van der Waals surface area contributed by atoms with Gasteiger partial charge in [0.2, 0.25) is 0 Å². The first-order valence-electron chi connectivity index (χ1n) is 8.26. The second kappa shape index (κ2) is 6.28. The van der Waals surface area contributed by atoms with Crippen LogP contribution in [0.15, 0.2) is 30.3 Å². The second-order valence-corrected chi connectivity index (χ2v) is 6.88. The predicted molar refractivity (Wildman–Crippen MR) is 85.0 cm³/mol. The van der Waals surface area contributed by atoms with E-state index in [9.17, 15) is 0 Å². The van der Waals surface area contributed by atoms with Crippen LogP contribution in [0.2, 0.25) is 0 Å². The highest BCUT2D eigenvalue weighted by molar-refractivity contribution is 5.20. The van der Waals surface area contributed by atoms with E-state index in [0.717, 1.165) is 12.6 Å². The van der Waals surface area contributed by atoms with Crippen molar-refractivity contribution in [2.75, 3.05) is 19.6 Å². The van der Waals surface area contributed by atoms with E-state index in [2.05, 4.69) is 54.4 Å². The van der Waals surface area contributed by atoms with Gasteiger partial charge in [0.1, 0.15) is 0 Å². The molecule has 0 amide bonds. The first-order valence-corrected chi connectivity index (χ1v) is 8.26. The quantitative estimate of drug-likeness (QED) is 0.855. The van der Waals surface area contributed by atoms with Crippen LogP contribution in [0.5, 0.6) is 0 Å². The molecule has 3 rings (SSSR count). The summed E-state index contributed by atoms with van der Waals surface area (Å²) in [6, 6.07) is 12.6. The summed E-state index contributed by atoms with van der Waals surface area (Å²) in [4.78, 5) is 2.69. The number of nitrogens with one attached hydrogen (secondary N) is 1. The topological polar surface area (TPSA) is 15.3 Å². The first kappa shape index (κ1) is 14.1. The lowest BCUT2D eigenvalue weighted by atomic mass is 9.88. The summed E-state index contributed by atoms with van der Waals surface area (Å²) in [6.45, 7) is 8.37. The maximum Gasteiger partial charge on any atom is 0.0207 e. The molecule has 110 valence electrons. The summed E-state index contributed by atoms with van der Waals surface area (Å²) in [6.07, 6.45) is 4.20. The number of rotatable bonds is 6. The molecule has 2 nitrogen and oxygen atoms in total. The highest BCUT2D eigenvalue weighted by Crippen LogP contribution is 2.30. The molecule has 0 bridgehead atoms. The molecule has 1 saturated carbocycles. The molecule has 20 heavy (non-hydrogen) atoms. The number of hydrogen-bond donors (Lipinski definition) is 1. The molecule has 0 radical (unpaired) electrons. The Morgan fingerprint density at radius 3 is 2.55 bits per heavy atom. The average Bonchev–Trinajstić information content (AvgIpc) is 3.20. The molecule has 1 aromatic carbocycles. The van der Waals surface area contributed by atoms with Gasteiger partial charge in [-0.2, -0.15) is 0 Å². The zero-order chi connectivity index (χ0) is 13.9. The summed E-state index contributed by atoms with van der Waals surface area (Å²) in [5.41, 5.74) is 1.48. The lowest BCUT2D eigenvalue weighted by Gasteiger charge is -2.24. The largest absolute Gasteiger partial charge is 0.312 e. The van der Waals surface area contributed by atoms with Gasteiger partial charge in [0.05, 0.1) is 0 Å². The van der Waals surface area contributed by atoms with Gasteiger partial charge in [0.15, 0.2) is 0 Å². The second-order valence-electron chi connectivity index (χ2n) is 6.88. The lowest BCUT2D eigenvalue weighted by molar-refractivity contribution is 0.314. The highest BCUT2D eigenvalue weighted by Gasteiger charge is 2.34. The summed E-state index contributed by atoms with van der Waals surface area (Å²) < 4.78 is 0. The van der Waals surface area contributed by atoms with E-state index in [1.165, 1.54) is 37.9 Å². The van der Waals surface area contributed by atoms with Gasteiger partial charge in [-0.05, 0) is 36.7 Å². The zero-order valence-electron chi connectivity index (χ0n) is 12.9. The van der Waals surface area contributed by atoms with E-state index in [0.29, 0.717) is 17.9 Å². The molecule has 1 heterocycles. The van der Waals surface area contributed by atoms with E-state index in [-0.39, 0.29) is 0 Å². The monoisotopic (exact) mass is 272 g/mol. The van der Waals surface area contributed by atoms with Gasteiger partial charge in [0, 0.05) is 31.7 Å². The predicted octanol–water partition coefficient (Wildman–Crippen LogP) is 3.25. The van der Waals surface area contributed by atoms with Crippen molar-refractivity contribution in [1.82, 2.24) is 10.2 Å². The van der Waals surface area contributed by atoms with Gasteiger partial charge < -0.3 is 5.32 Å². The molecule has 2 heteroatoms. The van der Waals surface area contributed by atoms with Crippen LogP contribution in [-0.4, -0.2) is 36.6 Å². The van der Waals surface area contributed by atoms with E-state index in [4.69, 9.17) is 0 Å². The van der Waals surface area contributed by atoms with Gasteiger partial charge in [0.25, 0.3) is 0 Å². The minimum absolute atomic E-state index is 0.631. The average molecular weight is 272 g/mol. The molecule has 0 spiro atoms. The molecule has 0 aromatic heterocycles. The summed E-state index contributed by atoms with van der Waals surface area (Å²) >= 11 is 0. The molecular weight excluding hydrogens is 244 g/mol. The molecule has 1 saturated heterocycles. The normalized spacial score (nSPS) is 25.2. The smallest absolute Gasteiger partial charge is 0.0207 e. The maximum absolute atomic E-state index is 3.83. The number of hydrogen-bond acceptors (Lipinski definition) is 2. The number of likely N-dealkylation sites (tertiary alicyclic amines) is 1. The van der Waals surface area contributed by atoms with Crippen LogP contribution in [0, 0.1) is 5.92 Å². The molecule has 1 N–H and O–H groups in total. The van der Waals surface area contributed by atoms with Gasteiger partial charge in [-0.1, -0.05) is 44.2 Å². The third-order valence-electron chi connectivity index (χ3n) is 4.94. The molecule has 2 atom stereocenters. The van der Waals surface area contributed by atoms with Crippen LogP contribution in [-0.2, 0) is 0 Å². The molecule has 2 unspecified atom stereocenters. The fraction of sp³-hybridized carbons (Fsp3) is 0.667. The van der Waals surface area contributed by atoms with Crippen molar-refractivity contribution in [3.63, 3.8) is 0 Å². The van der Waals surface area contributed by atoms with Crippen molar-refractivity contribution in [1.29, 1.82) is 0 Å². The SMILES string of the molecule is CC(C)C(CNC1CCN(C2CC2)C1)c1ccccc1. The van der Waals surface area contributed by atoms with Crippen molar-refractivity contribution >= 4 is 0 Å². The van der Waals surface area contributed by atoms with E-state index in [1.54, 1.807) is 0 Å². The Labute approximate surface area is 123 Å². The van der Waals surface area contributed by atoms with Crippen molar-refractivity contribution < 1.29 is 0 Å². The summed E-state index contributed by atoms with van der Waals surface area (Å²) in [7, 11) is 0. The minimum Gasteiger partial charge on any atom is -0.312 e. The Hall–Kier alpha value is -0.860. The van der Waals surface area contributed by atoms with Crippen LogP contribution in [0.25, 0.3) is 0 Å². The van der Waals surface area contributed by atoms with Gasteiger partial charge in [-0.15, -0.1) is 0 Å². The molecule has 2 fully saturated rings. The van der Waals surface area contributed by atoms with Gasteiger partial charge in [-0.25, -0.2) is 0 Å². The van der Waals surface area contributed by atoms with Crippen LogP contribution < -0.4 is 5.32 Å². The van der Waals surface area contributed by atoms with Crippen LogP contribution in [0.3, 0.4) is 0 Å². The fourth-order valence-electron chi connectivity index (χ4n) is 3.46. The molecule has 2 aliphatic rings. The van der Waals surface area contributed by atoms with E-state index >= 15 is 0 Å². The summed E-state index contributed by atoms with van der Waals surface area (Å²) in [5.74, 6) is 1.32. The standard InChI is InChI=1S/C18H28N2/c1-14(2)18(15-6-4-3-5-7-15)12-19-16-10-11-20(13-16)17-8-9-17/h3-7,14,16-19H,8-13H2,1-2H3. The minimum atomic E-state index is 0.631. The van der Waals surface area contributed by atoms with Crippen molar-refractivity contribution in [2.24, 2.45) is 5.92 Å². The Morgan fingerprint density at radius 2 is 1.90 bits per heavy atom. The third kappa shape index (κ3) is 3.42.